The summed E-state index contributed by atoms with van der Waals surface area (Å²) in [5, 5.41) is 4.11. The number of nitrogen functional groups attached to an aromatic ring is 1. The van der Waals surface area contributed by atoms with Crippen LogP contribution in [0.3, 0.4) is 0 Å². The van der Waals surface area contributed by atoms with Gasteiger partial charge in [0.15, 0.2) is 0 Å². The highest BCUT2D eigenvalue weighted by Gasteiger charge is 2.23. The van der Waals surface area contributed by atoms with Gasteiger partial charge >= 0.3 is 0 Å². The molecule has 1 heterocycles. The van der Waals surface area contributed by atoms with Crippen LogP contribution < -0.4 is 20.5 Å². The number of nitrogens with zero attached hydrogens (tertiary/aromatic N) is 1. The zero-order valence-electron chi connectivity index (χ0n) is 16.5. The second-order valence-electron chi connectivity index (χ2n) is 7.05. The Balaban J connectivity index is 1.58. The van der Waals surface area contributed by atoms with Crippen LogP contribution in [0, 0.1) is 0 Å². The minimum Gasteiger partial charge on any atom is -0.496 e. The minimum atomic E-state index is -0.210. The average Bonchev–Trinajstić information content (AvgIpc) is 2.71. The number of carbonyl (C=O) groups is 1. The van der Waals surface area contributed by atoms with Crippen LogP contribution in [0.25, 0.3) is 0 Å². The third-order valence-electron chi connectivity index (χ3n) is 5.12. The molecule has 2 aromatic rings. The smallest absolute Gasteiger partial charge is 0.255 e. The molecule has 2 aromatic carbocycles. The van der Waals surface area contributed by atoms with Gasteiger partial charge in [-0.05, 0) is 37.1 Å². The van der Waals surface area contributed by atoms with E-state index < -0.39 is 0 Å². The number of ether oxygens (including phenoxy) is 2. The molecule has 3 N–H and O–H groups in total. The fraction of sp³-hybridized carbons (Fsp3) is 0.381. The van der Waals surface area contributed by atoms with Crippen LogP contribution in [0.1, 0.15) is 28.8 Å². The summed E-state index contributed by atoms with van der Waals surface area (Å²) in [6, 6.07) is 8.84. The molecule has 0 bridgehead atoms. The molecule has 0 saturated carbocycles. The maximum atomic E-state index is 12.7. The molecular formula is C21H25Cl2N3O3. The zero-order chi connectivity index (χ0) is 21.0. The van der Waals surface area contributed by atoms with E-state index in [9.17, 15) is 4.79 Å². The highest BCUT2D eigenvalue weighted by molar-refractivity contribution is 6.33. The van der Waals surface area contributed by atoms with Crippen molar-refractivity contribution in [3.05, 3.63) is 51.5 Å². The quantitative estimate of drug-likeness (QED) is 0.668. The van der Waals surface area contributed by atoms with Crippen molar-refractivity contribution in [2.75, 3.05) is 33.0 Å². The summed E-state index contributed by atoms with van der Waals surface area (Å²) < 4.78 is 10.7. The minimum absolute atomic E-state index is 0.0843. The Morgan fingerprint density at radius 2 is 1.83 bits per heavy atom. The predicted octanol–water partition coefficient (Wildman–Crippen LogP) is 3.99. The number of anilines is 1. The third-order valence-corrected chi connectivity index (χ3v) is 5.69. The average molecular weight is 438 g/mol. The maximum Gasteiger partial charge on any atom is 0.255 e. The zero-order valence-corrected chi connectivity index (χ0v) is 18.0. The SMILES string of the molecule is COc1ccc(Cl)cc1CN1CCC(NC(=O)c2cc(Cl)c(N)cc2OC)CC1. The van der Waals surface area contributed by atoms with Gasteiger partial charge in [0, 0.05) is 42.3 Å². The van der Waals surface area contributed by atoms with Gasteiger partial charge in [0.2, 0.25) is 0 Å². The second kappa shape index (κ2) is 9.57. The molecule has 0 spiro atoms. The van der Waals surface area contributed by atoms with E-state index in [4.69, 9.17) is 38.4 Å². The first kappa shape index (κ1) is 21.6. The van der Waals surface area contributed by atoms with Crippen molar-refractivity contribution < 1.29 is 14.3 Å². The number of halogens is 2. The molecule has 0 atom stereocenters. The van der Waals surface area contributed by atoms with Gasteiger partial charge in [-0.25, -0.2) is 0 Å². The molecule has 6 nitrogen and oxygen atoms in total. The lowest BCUT2D eigenvalue weighted by Gasteiger charge is -2.32. The topological polar surface area (TPSA) is 76.8 Å². The van der Waals surface area contributed by atoms with E-state index in [2.05, 4.69) is 10.2 Å². The van der Waals surface area contributed by atoms with Crippen LogP contribution in [-0.2, 0) is 6.54 Å². The first-order valence-electron chi connectivity index (χ1n) is 9.40. The Kier molecular flexibility index (Phi) is 7.11. The van der Waals surface area contributed by atoms with E-state index in [1.165, 1.54) is 7.11 Å². The number of nitrogens with two attached hydrogens (primary N) is 1. The summed E-state index contributed by atoms with van der Waals surface area (Å²) in [5.41, 5.74) is 7.62. The molecule has 29 heavy (non-hydrogen) atoms. The molecule has 0 radical (unpaired) electrons. The van der Waals surface area contributed by atoms with Gasteiger partial charge < -0.3 is 20.5 Å². The third kappa shape index (κ3) is 5.26. The maximum absolute atomic E-state index is 12.7. The van der Waals surface area contributed by atoms with Crippen molar-refractivity contribution in [3.63, 3.8) is 0 Å². The van der Waals surface area contributed by atoms with Gasteiger partial charge in [-0.3, -0.25) is 9.69 Å². The Morgan fingerprint density at radius 1 is 1.14 bits per heavy atom. The van der Waals surface area contributed by atoms with Crippen molar-refractivity contribution in [2.45, 2.75) is 25.4 Å². The molecule has 1 aliphatic heterocycles. The molecule has 1 fully saturated rings. The van der Waals surface area contributed by atoms with Crippen molar-refractivity contribution in [3.8, 4) is 11.5 Å². The summed E-state index contributed by atoms with van der Waals surface area (Å²) >= 11 is 12.2. The largest absolute Gasteiger partial charge is 0.496 e. The van der Waals surface area contributed by atoms with Crippen LogP contribution in [-0.4, -0.2) is 44.2 Å². The molecule has 8 heteroatoms. The highest BCUT2D eigenvalue weighted by atomic mass is 35.5. The van der Waals surface area contributed by atoms with Gasteiger partial charge in [0.1, 0.15) is 11.5 Å². The summed E-state index contributed by atoms with van der Waals surface area (Å²) in [4.78, 5) is 15.0. The van der Waals surface area contributed by atoms with Gasteiger partial charge in [-0.15, -0.1) is 0 Å². The molecule has 156 valence electrons. The van der Waals surface area contributed by atoms with Gasteiger partial charge in [-0.1, -0.05) is 23.2 Å². The fourth-order valence-corrected chi connectivity index (χ4v) is 3.88. The number of likely N-dealkylation sites (tertiary alicyclic amines) is 1. The Morgan fingerprint density at radius 3 is 2.48 bits per heavy atom. The molecule has 0 aromatic heterocycles. The number of benzene rings is 2. The Bertz CT molecular complexity index is 884. The molecule has 1 aliphatic rings. The number of amides is 1. The van der Waals surface area contributed by atoms with Gasteiger partial charge in [-0.2, -0.15) is 0 Å². The highest BCUT2D eigenvalue weighted by Crippen LogP contribution is 2.29. The standard InChI is InChI=1S/C21H25Cl2N3O3/c1-28-19-4-3-14(22)9-13(19)12-26-7-5-15(6-8-26)25-21(27)16-10-17(23)18(24)11-20(16)29-2/h3-4,9-11,15H,5-8,12,24H2,1-2H3,(H,25,27). The van der Waals surface area contributed by atoms with E-state index in [1.807, 2.05) is 18.2 Å². The van der Waals surface area contributed by atoms with Crippen LogP contribution in [0.5, 0.6) is 11.5 Å². The summed E-state index contributed by atoms with van der Waals surface area (Å²) in [6.07, 6.45) is 1.69. The lowest BCUT2D eigenvalue weighted by atomic mass is 10.0. The number of rotatable bonds is 6. The summed E-state index contributed by atoms with van der Waals surface area (Å²) in [5.74, 6) is 1.03. The molecule has 0 aliphatic carbocycles. The van der Waals surface area contributed by atoms with E-state index in [0.717, 1.165) is 43.8 Å². The van der Waals surface area contributed by atoms with Crippen molar-refractivity contribution in [1.82, 2.24) is 10.2 Å². The van der Waals surface area contributed by atoms with Crippen molar-refractivity contribution in [2.24, 2.45) is 0 Å². The number of hydrogen-bond donors (Lipinski definition) is 2. The summed E-state index contributed by atoms with van der Waals surface area (Å²) in [7, 11) is 3.16. The molecule has 1 saturated heterocycles. The summed E-state index contributed by atoms with van der Waals surface area (Å²) in [6.45, 7) is 2.48. The van der Waals surface area contributed by atoms with Crippen LogP contribution in [0.4, 0.5) is 5.69 Å². The lowest BCUT2D eigenvalue weighted by molar-refractivity contribution is 0.0906. The van der Waals surface area contributed by atoms with Crippen LogP contribution >= 0.6 is 23.2 Å². The fourth-order valence-electron chi connectivity index (χ4n) is 3.53. The van der Waals surface area contributed by atoms with Gasteiger partial charge in [0.25, 0.3) is 5.91 Å². The second-order valence-corrected chi connectivity index (χ2v) is 7.90. The van der Waals surface area contributed by atoms with Gasteiger partial charge in [0.05, 0.1) is 30.5 Å². The molecule has 1 amide bonds. The molecule has 0 unspecified atom stereocenters. The lowest BCUT2D eigenvalue weighted by Crippen LogP contribution is -2.44. The van der Waals surface area contributed by atoms with E-state index in [0.29, 0.717) is 27.0 Å². The number of methoxy groups -OCH3 is 2. The number of piperidine rings is 1. The van der Waals surface area contributed by atoms with Crippen molar-refractivity contribution in [1.29, 1.82) is 0 Å². The van der Waals surface area contributed by atoms with E-state index in [-0.39, 0.29) is 11.9 Å². The number of carbonyl (C=O) groups excluding carboxylic acids is 1. The monoisotopic (exact) mass is 437 g/mol. The Hall–Kier alpha value is -2.15. The molecule has 3 rings (SSSR count). The van der Waals surface area contributed by atoms with E-state index in [1.54, 1.807) is 19.2 Å². The number of nitrogens with one attached hydrogen (secondary N) is 1. The van der Waals surface area contributed by atoms with E-state index >= 15 is 0 Å². The van der Waals surface area contributed by atoms with Crippen molar-refractivity contribution >= 4 is 34.8 Å². The normalized spacial score (nSPS) is 15.2. The Labute approximate surface area is 180 Å². The molecular weight excluding hydrogens is 413 g/mol. The number of hydrogen-bond acceptors (Lipinski definition) is 5. The van der Waals surface area contributed by atoms with Crippen LogP contribution in [0.15, 0.2) is 30.3 Å². The predicted molar refractivity (Wildman–Crippen MR) is 116 cm³/mol. The first-order chi connectivity index (χ1) is 13.9. The first-order valence-corrected chi connectivity index (χ1v) is 10.2. The van der Waals surface area contributed by atoms with Crippen LogP contribution in [0.2, 0.25) is 10.0 Å².